The van der Waals surface area contributed by atoms with E-state index in [-0.39, 0.29) is 11.6 Å². The number of hydrogen-bond acceptors (Lipinski definition) is 3. The SMILES string of the molecule is CCCNC(c1sccc1Cl)C1(OC)CCCCCC1. The van der Waals surface area contributed by atoms with Crippen molar-refractivity contribution in [2.75, 3.05) is 13.7 Å². The molecular formula is C16H26ClNOS. The molecule has 1 atom stereocenters. The van der Waals surface area contributed by atoms with Crippen LogP contribution in [0.2, 0.25) is 5.02 Å². The van der Waals surface area contributed by atoms with Crippen molar-refractivity contribution < 1.29 is 4.74 Å². The Kier molecular flexibility index (Phi) is 6.34. The van der Waals surface area contributed by atoms with E-state index in [4.69, 9.17) is 16.3 Å². The van der Waals surface area contributed by atoms with Crippen molar-refractivity contribution in [1.82, 2.24) is 5.32 Å². The van der Waals surface area contributed by atoms with Crippen LogP contribution in [-0.2, 0) is 4.74 Å². The molecule has 20 heavy (non-hydrogen) atoms. The van der Waals surface area contributed by atoms with Crippen molar-refractivity contribution in [3.05, 3.63) is 21.3 Å². The van der Waals surface area contributed by atoms with Crippen LogP contribution >= 0.6 is 22.9 Å². The maximum Gasteiger partial charge on any atom is 0.0881 e. The molecule has 2 rings (SSSR count). The zero-order valence-corrected chi connectivity index (χ0v) is 14.2. The standard InChI is InChI=1S/C16H26ClNOS/c1-3-11-18-15(14-13(17)8-12-20-14)16(19-2)9-6-4-5-7-10-16/h8,12,15,18H,3-7,9-11H2,1-2H3. The molecule has 1 unspecified atom stereocenters. The minimum absolute atomic E-state index is 0.0971. The Morgan fingerprint density at radius 3 is 2.55 bits per heavy atom. The second-order valence-corrected chi connectivity index (χ2v) is 7.06. The van der Waals surface area contributed by atoms with Crippen LogP contribution in [-0.4, -0.2) is 19.3 Å². The molecule has 1 fully saturated rings. The highest BCUT2D eigenvalue weighted by molar-refractivity contribution is 7.10. The van der Waals surface area contributed by atoms with Gasteiger partial charge in [-0.1, -0.05) is 44.2 Å². The van der Waals surface area contributed by atoms with Gasteiger partial charge in [0.15, 0.2) is 0 Å². The third kappa shape index (κ3) is 3.56. The summed E-state index contributed by atoms with van der Waals surface area (Å²) in [5.41, 5.74) is -0.0971. The summed E-state index contributed by atoms with van der Waals surface area (Å²) in [5, 5.41) is 6.66. The third-order valence-corrected chi connectivity index (χ3v) is 5.81. The lowest BCUT2D eigenvalue weighted by molar-refractivity contribution is -0.0530. The molecule has 0 spiro atoms. The van der Waals surface area contributed by atoms with E-state index in [0.29, 0.717) is 0 Å². The highest BCUT2D eigenvalue weighted by Gasteiger charge is 2.41. The molecule has 114 valence electrons. The summed E-state index contributed by atoms with van der Waals surface area (Å²) in [6, 6.07) is 2.22. The lowest BCUT2D eigenvalue weighted by atomic mass is 9.85. The third-order valence-electron chi connectivity index (χ3n) is 4.39. The van der Waals surface area contributed by atoms with Crippen molar-refractivity contribution in [3.8, 4) is 0 Å². The molecule has 0 saturated heterocycles. The molecule has 1 aliphatic rings. The van der Waals surface area contributed by atoms with Crippen LogP contribution < -0.4 is 5.32 Å². The first kappa shape index (κ1) is 16.3. The van der Waals surface area contributed by atoms with Crippen LogP contribution in [0.1, 0.15) is 62.8 Å². The maximum absolute atomic E-state index is 6.41. The molecule has 0 amide bonds. The van der Waals surface area contributed by atoms with E-state index in [0.717, 1.165) is 30.8 Å². The number of methoxy groups -OCH3 is 1. The molecular weight excluding hydrogens is 290 g/mol. The van der Waals surface area contributed by atoms with Crippen molar-refractivity contribution in [1.29, 1.82) is 0 Å². The number of thiophene rings is 1. The maximum atomic E-state index is 6.41. The van der Waals surface area contributed by atoms with Crippen LogP contribution in [0.4, 0.5) is 0 Å². The molecule has 1 aromatic heterocycles. The summed E-state index contributed by atoms with van der Waals surface area (Å²) in [6.45, 7) is 3.21. The van der Waals surface area contributed by atoms with Gasteiger partial charge in [-0.05, 0) is 37.3 Å². The zero-order chi connectivity index (χ0) is 14.4. The predicted octanol–water partition coefficient (Wildman–Crippen LogP) is 5.18. The Balaban J connectivity index is 2.29. The van der Waals surface area contributed by atoms with Gasteiger partial charge in [0.1, 0.15) is 0 Å². The van der Waals surface area contributed by atoms with Gasteiger partial charge >= 0.3 is 0 Å². The summed E-state index contributed by atoms with van der Waals surface area (Å²) >= 11 is 8.16. The number of halogens is 1. The van der Waals surface area contributed by atoms with Crippen LogP contribution in [0.15, 0.2) is 11.4 Å². The van der Waals surface area contributed by atoms with E-state index < -0.39 is 0 Å². The van der Waals surface area contributed by atoms with E-state index in [1.165, 1.54) is 30.6 Å². The number of hydrogen-bond donors (Lipinski definition) is 1. The fraction of sp³-hybridized carbons (Fsp3) is 0.750. The first-order valence-corrected chi connectivity index (χ1v) is 9.00. The molecule has 2 nitrogen and oxygen atoms in total. The molecule has 1 N–H and O–H groups in total. The zero-order valence-electron chi connectivity index (χ0n) is 12.6. The number of ether oxygens (including phenoxy) is 1. The average Bonchev–Trinajstić information content (AvgIpc) is 2.75. The minimum Gasteiger partial charge on any atom is -0.376 e. The first-order valence-electron chi connectivity index (χ1n) is 7.75. The normalized spacial score (nSPS) is 20.6. The van der Waals surface area contributed by atoms with E-state index >= 15 is 0 Å². The van der Waals surface area contributed by atoms with Gasteiger partial charge in [-0.15, -0.1) is 11.3 Å². The van der Waals surface area contributed by atoms with Crippen LogP contribution in [0.25, 0.3) is 0 Å². The smallest absolute Gasteiger partial charge is 0.0881 e. The predicted molar refractivity (Wildman–Crippen MR) is 87.8 cm³/mol. The lowest BCUT2D eigenvalue weighted by Gasteiger charge is -2.39. The summed E-state index contributed by atoms with van der Waals surface area (Å²) in [6.07, 6.45) is 8.52. The van der Waals surface area contributed by atoms with Crippen molar-refractivity contribution in [3.63, 3.8) is 0 Å². The Bertz CT molecular complexity index is 399. The Morgan fingerprint density at radius 2 is 2.05 bits per heavy atom. The fourth-order valence-electron chi connectivity index (χ4n) is 3.26. The molecule has 0 aromatic carbocycles. The minimum atomic E-state index is -0.0971. The van der Waals surface area contributed by atoms with Crippen molar-refractivity contribution in [2.24, 2.45) is 0 Å². The van der Waals surface area contributed by atoms with Crippen LogP contribution in [0.5, 0.6) is 0 Å². The van der Waals surface area contributed by atoms with Crippen LogP contribution in [0.3, 0.4) is 0 Å². The van der Waals surface area contributed by atoms with Gasteiger partial charge in [-0.2, -0.15) is 0 Å². The van der Waals surface area contributed by atoms with E-state index in [2.05, 4.69) is 17.6 Å². The van der Waals surface area contributed by atoms with Gasteiger partial charge in [0.25, 0.3) is 0 Å². The highest BCUT2D eigenvalue weighted by Crippen LogP contribution is 2.43. The van der Waals surface area contributed by atoms with E-state index in [1.54, 1.807) is 11.3 Å². The summed E-state index contributed by atoms with van der Waals surface area (Å²) in [4.78, 5) is 1.24. The Labute approximate surface area is 131 Å². The largest absolute Gasteiger partial charge is 0.376 e. The topological polar surface area (TPSA) is 21.3 Å². The van der Waals surface area contributed by atoms with Crippen molar-refractivity contribution >= 4 is 22.9 Å². The summed E-state index contributed by atoms with van der Waals surface area (Å²) in [5.74, 6) is 0. The second kappa shape index (κ2) is 7.79. The van der Waals surface area contributed by atoms with Crippen LogP contribution in [0, 0.1) is 0 Å². The van der Waals surface area contributed by atoms with Crippen molar-refractivity contribution in [2.45, 2.75) is 63.5 Å². The van der Waals surface area contributed by atoms with E-state index in [9.17, 15) is 0 Å². The summed E-state index contributed by atoms with van der Waals surface area (Å²) in [7, 11) is 1.87. The lowest BCUT2D eigenvalue weighted by Crippen LogP contribution is -2.45. The first-order chi connectivity index (χ1) is 9.73. The van der Waals surface area contributed by atoms with Gasteiger partial charge in [0.2, 0.25) is 0 Å². The molecule has 4 heteroatoms. The molecule has 0 radical (unpaired) electrons. The van der Waals surface area contributed by atoms with Gasteiger partial charge in [-0.25, -0.2) is 0 Å². The number of nitrogens with one attached hydrogen (secondary N) is 1. The van der Waals surface area contributed by atoms with Gasteiger partial charge in [-0.3, -0.25) is 0 Å². The highest BCUT2D eigenvalue weighted by atomic mass is 35.5. The Morgan fingerprint density at radius 1 is 1.35 bits per heavy atom. The summed E-state index contributed by atoms with van der Waals surface area (Å²) < 4.78 is 6.08. The molecule has 1 heterocycles. The molecule has 1 aliphatic carbocycles. The number of rotatable bonds is 6. The van der Waals surface area contributed by atoms with Gasteiger partial charge < -0.3 is 10.1 Å². The quantitative estimate of drug-likeness (QED) is 0.730. The molecule has 1 saturated carbocycles. The van der Waals surface area contributed by atoms with Gasteiger partial charge in [0, 0.05) is 12.0 Å². The van der Waals surface area contributed by atoms with Gasteiger partial charge in [0.05, 0.1) is 16.7 Å². The molecule has 0 bridgehead atoms. The second-order valence-electron chi connectivity index (χ2n) is 5.70. The molecule has 0 aliphatic heterocycles. The fourth-order valence-corrected chi connectivity index (χ4v) is 4.60. The average molecular weight is 316 g/mol. The monoisotopic (exact) mass is 315 g/mol. The molecule has 1 aromatic rings. The van der Waals surface area contributed by atoms with E-state index in [1.807, 2.05) is 13.2 Å². The Hall–Kier alpha value is -0.0900.